The van der Waals surface area contributed by atoms with E-state index in [4.69, 9.17) is 9.62 Å². The second kappa shape index (κ2) is 2.70. The number of nitrogens with zero attached hydrogens (tertiary/aromatic N) is 1. The lowest BCUT2D eigenvalue weighted by Gasteiger charge is -1.93. The van der Waals surface area contributed by atoms with Crippen LogP contribution in [0.25, 0.3) is 11.0 Å². The molecule has 0 aliphatic carbocycles. The van der Waals surface area contributed by atoms with E-state index in [1.54, 1.807) is 6.07 Å². The molecule has 0 radical (unpaired) electrons. The lowest BCUT2D eigenvalue weighted by Crippen LogP contribution is -1.97. The smallest absolute Gasteiger partial charge is 0.255 e. The van der Waals surface area contributed by atoms with E-state index in [2.05, 4.69) is 5.16 Å². The summed E-state index contributed by atoms with van der Waals surface area (Å²) >= 11 is 0. The monoisotopic (exact) mass is 161 g/mol. The lowest BCUT2D eigenvalue weighted by molar-refractivity contribution is 0.277. The second-order valence-corrected chi connectivity index (χ2v) is 2.41. The van der Waals surface area contributed by atoms with E-state index in [9.17, 15) is 0 Å². The minimum Gasteiger partial charge on any atom is -0.436 e. The number of rotatable bonds is 0. The molecule has 0 aliphatic heterocycles. The van der Waals surface area contributed by atoms with Crippen LogP contribution in [-0.4, -0.2) is 5.21 Å². The molecule has 60 valence electrons. The maximum Gasteiger partial charge on any atom is 0.255 e. The first kappa shape index (κ1) is 6.91. The van der Waals surface area contributed by atoms with Crippen LogP contribution in [-0.2, 0) is 0 Å². The SMILES string of the molecule is O/N=c1\ccc2ccccc2o1. The Bertz CT molecular complexity index is 459. The number of fused-ring (bicyclic) bond motifs is 1. The highest BCUT2D eigenvalue weighted by atomic mass is 16.5. The Balaban J connectivity index is 2.85. The van der Waals surface area contributed by atoms with Crippen molar-refractivity contribution in [3.8, 4) is 0 Å². The van der Waals surface area contributed by atoms with Gasteiger partial charge in [-0.2, -0.15) is 0 Å². The summed E-state index contributed by atoms with van der Waals surface area (Å²) < 4.78 is 5.19. The Kier molecular flexibility index (Phi) is 1.55. The van der Waals surface area contributed by atoms with Crippen molar-refractivity contribution < 1.29 is 9.62 Å². The Morgan fingerprint density at radius 1 is 1.08 bits per heavy atom. The summed E-state index contributed by atoms with van der Waals surface area (Å²) in [6, 6.07) is 11.0. The zero-order valence-corrected chi connectivity index (χ0v) is 6.27. The fourth-order valence-corrected chi connectivity index (χ4v) is 1.07. The van der Waals surface area contributed by atoms with Gasteiger partial charge >= 0.3 is 0 Å². The van der Waals surface area contributed by atoms with E-state index in [0.717, 1.165) is 5.39 Å². The average molecular weight is 161 g/mol. The van der Waals surface area contributed by atoms with Crippen LogP contribution in [0.15, 0.2) is 46.0 Å². The highest BCUT2D eigenvalue weighted by molar-refractivity contribution is 5.75. The molecule has 1 N–H and O–H groups in total. The molecule has 0 aliphatic rings. The van der Waals surface area contributed by atoms with Gasteiger partial charge in [0.25, 0.3) is 5.55 Å². The first-order chi connectivity index (χ1) is 5.90. The third-order valence-electron chi connectivity index (χ3n) is 1.64. The predicted molar refractivity (Wildman–Crippen MR) is 43.6 cm³/mol. The minimum atomic E-state index is 0.216. The Hall–Kier alpha value is -1.77. The van der Waals surface area contributed by atoms with Crippen molar-refractivity contribution >= 4 is 11.0 Å². The van der Waals surface area contributed by atoms with Gasteiger partial charge in [0.2, 0.25) is 0 Å². The summed E-state index contributed by atoms with van der Waals surface area (Å²) in [7, 11) is 0. The molecule has 12 heavy (non-hydrogen) atoms. The second-order valence-electron chi connectivity index (χ2n) is 2.41. The summed E-state index contributed by atoms with van der Waals surface area (Å²) in [6.07, 6.45) is 0. The molecule has 0 amide bonds. The van der Waals surface area contributed by atoms with Crippen LogP contribution in [0.1, 0.15) is 0 Å². The standard InChI is InChI=1S/C9H7NO2/c11-10-9-6-5-7-3-1-2-4-8(7)12-9/h1-6,11H/b10-9+. The number of hydrogen-bond acceptors (Lipinski definition) is 3. The molecular weight excluding hydrogens is 154 g/mol. The molecule has 0 fully saturated rings. The maximum atomic E-state index is 8.43. The van der Waals surface area contributed by atoms with Gasteiger partial charge in [-0.3, -0.25) is 0 Å². The van der Waals surface area contributed by atoms with Gasteiger partial charge in [0, 0.05) is 11.5 Å². The molecule has 0 unspecified atom stereocenters. The molecule has 0 bridgehead atoms. The molecule has 3 nitrogen and oxygen atoms in total. The zero-order chi connectivity index (χ0) is 8.39. The lowest BCUT2D eigenvalue weighted by atomic mass is 10.2. The predicted octanol–water partition coefficient (Wildman–Crippen LogP) is 1.72. The molecule has 2 rings (SSSR count). The average Bonchev–Trinajstić information content (AvgIpc) is 2.17. The minimum absolute atomic E-state index is 0.216. The maximum absolute atomic E-state index is 8.43. The Labute approximate surface area is 68.6 Å². The highest BCUT2D eigenvalue weighted by Crippen LogP contribution is 2.09. The van der Waals surface area contributed by atoms with Gasteiger partial charge in [-0.25, -0.2) is 0 Å². The van der Waals surface area contributed by atoms with Crippen LogP contribution in [0.2, 0.25) is 0 Å². The van der Waals surface area contributed by atoms with Gasteiger partial charge in [0.15, 0.2) is 0 Å². The summed E-state index contributed by atoms with van der Waals surface area (Å²) in [4.78, 5) is 0. The van der Waals surface area contributed by atoms with E-state index >= 15 is 0 Å². The van der Waals surface area contributed by atoms with Crippen molar-refractivity contribution in [2.75, 3.05) is 0 Å². The molecule has 1 aromatic carbocycles. The van der Waals surface area contributed by atoms with Crippen LogP contribution in [0.4, 0.5) is 0 Å². The van der Waals surface area contributed by atoms with E-state index in [1.807, 2.05) is 30.3 Å². The fraction of sp³-hybridized carbons (Fsp3) is 0. The van der Waals surface area contributed by atoms with Gasteiger partial charge in [-0.15, -0.1) is 0 Å². The van der Waals surface area contributed by atoms with Gasteiger partial charge in [0.1, 0.15) is 5.58 Å². The molecule has 1 heterocycles. The van der Waals surface area contributed by atoms with Gasteiger partial charge in [-0.1, -0.05) is 18.2 Å². The van der Waals surface area contributed by atoms with Crippen LogP contribution in [0, 0.1) is 0 Å². The van der Waals surface area contributed by atoms with Crippen molar-refractivity contribution in [2.24, 2.45) is 5.16 Å². The topological polar surface area (TPSA) is 45.7 Å². The largest absolute Gasteiger partial charge is 0.436 e. The van der Waals surface area contributed by atoms with Gasteiger partial charge < -0.3 is 9.62 Å². The molecule has 0 spiro atoms. The van der Waals surface area contributed by atoms with Crippen LogP contribution in [0.3, 0.4) is 0 Å². The van der Waals surface area contributed by atoms with Crippen molar-refractivity contribution in [1.82, 2.24) is 0 Å². The van der Waals surface area contributed by atoms with E-state index in [0.29, 0.717) is 5.58 Å². The van der Waals surface area contributed by atoms with Crippen molar-refractivity contribution in [3.05, 3.63) is 42.0 Å². The number of hydrogen-bond donors (Lipinski definition) is 1. The van der Waals surface area contributed by atoms with Crippen LogP contribution < -0.4 is 5.55 Å². The van der Waals surface area contributed by atoms with Crippen molar-refractivity contribution in [2.45, 2.75) is 0 Å². The van der Waals surface area contributed by atoms with Crippen molar-refractivity contribution in [1.29, 1.82) is 0 Å². The fourth-order valence-electron chi connectivity index (χ4n) is 1.07. The quantitative estimate of drug-likeness (QED) is 0.472. The van der Waals surface area contributed by atoms with Crippen LogP contribution >= 0.6 is 0 Å². The zero-order valence-electron chi connectivity index (χ0n) is 6.27. The highest BCUT2D eigenvalue weighted by Gasteiger charge is 1.91. The Morgan fingerprint density at radius 3 is 2.75 bits per heavy atom. The molecule has 3 heteroatoms. The normalized spacial score (nSPS) is 12.2. The third kappa shape index (κ3) is 1.05. The molecular formula is C9H7NO2. The summed E-state index contributed by atoms with van der Waals surface area (Å²) in [5.74, 6) is 0. The Morgan fingerprint density at radius 2 is 1.92 bits per heavy atom. The van der Waals surface area contributed by atoms with Crippen LogP contribution in [0.5, 0.6) is 0 Å². The van der Waals surface area contributed by atoms with Gasteiger partial charge in [0.05, 0.1) is 0 Å². The molecule has 0 atom stereocenters. The number of benzene rings is 1. The first-order valence-corrected chi connectivity index (χ1v) is 3.57. The molecule has 0 saturated heterocycles. The molecule has 2 aromatic rings. The third-order valence-corrected chi connectivity index (χ3v) is 1.64. The van der Waals surface area contributed by atoms with Crippen molar-refractivity contribution in [3.63, 3.8) is 0 Å². The van der Waals surface area contributed by atoms with Gasteiger partial charge in [-0.05, 0) is 17.3 Å². The van der Waals surface area contributed by atoms with E-state index < -0.39 is 0 Å². The van der Waals surface area contributed by atoms with E-state index in [1.165, 1.54) is 0 Å². The molecule has 1 aromatic heterocycles. The molecule has 0 saturated carbocycles. The summed E-state index contributed by atoms with van der Waals surface area (Å²) in [5.41, 5.74) is 0.932. The first-order valence-electron chi connectivity index (χ1n) is 3.57. The summed E-state index contributed by atoms with van der Waals surface area (Å²) in [5, 5.41) is 12.4. The number of para-hydroxylation sites is 1. The summed E-state index contributed by atoms with van der Waals surface area (Å²) in [6.45, 7) is 0. The van der Waals surface area contributed by atoms with E-state index in [-0.39, 0.29) is 5.55 Å².